The molecule has 0 spiro atoms. The second-order valence-electron chi connectivity index (χ2n) is 12.2. The van der Waals surface area contributed by atoms with E-state index in [4.69, 9.17) is 0 Å². The Hall–Kier alpha value is -0.640. The Balaban J connectivity index is 1.59. The van der Waals surface area contributed by atoms with Gasteiger partial charge in [0, 0.05) is 10.8 Å². The minimum atomic E-state index is -0.430. The summed E-state index contributed by atoms with van der Waals surface area (Å²) in [5.41, 5.74) is 2.43. The summed E-state index contributed by atoms with van der Waals surface area (Å²) in [7, 11) is 0. The van der Waals surface area contributed by atoms with Crippen LogP contribution in [0.15, 0.2) is 23.8 Å². The van der Waals surface area contributed by atoms with E-state index in [-0.39, 0.29) is 23.5 Å². The lowest BCUT2D eigenvalue weighted by molar-refractivity contribution is -0.0777. The first-order chi connectivity index (χ1) is 14.6. The molecule has 176 valence electrons. The molecule has 9 atom stereocenters. The molecule has 4 rings (SSSR count). The fourth-order valence-corrected chi connectivity index (χ4v) is 8.47. The molecular formula is C28H46O3. The van der Waals surface area contributed by atoms with Gasteiger partial charge in [0.1, 0.15) is 0 Å². The molecule has 0 aromatic heterocycles. The highest BCUT2D eigenvalue weighted by atomic mass is 16.3. The van der Waals surface area contributed by atoms with Gasteiger partial charge < -0.3 is 15.3 Å². The molecule has 0 heterocycles. The minimum Gasteiger partial charge on any atom is -0.395 e. The van der Waals surface area contributed by atoms with Crippen LogP contribution in [-0.2, 0) is 0 Å². The average molecular weight is 431 g/mol. The maximum atomic E-state index is 11.6. The number of hydrogen-bond donors (Lipinski definition) is 3. The normalized spacial score (nSPS) is 45.5. The molecule has 0 aromatic rings. The molecule has 3 nitrogen and oxygen atoms in total. The molecule has 31 heavy (non-hydrogen) atoms. The van der Waals surface area contributed by atoms with Crippen LogP contribution in [0, 0.1) is 46.3 Å². The molecule has 4 aliphatic carbocycles. The zero-order valence-corrected chi connectivity index (χ0v) is 20.3. The van der Waals surface area contributed by atoms with E-state index in [1.165, 1.54) is 30.4 Å². The van der Waals surface area contributed by atoms with E-state index in [1.807, 2.05) is 0 Å². The molecule has 4 aliphatic rings. The van der Waals surface area contributed by atoms with Crippen LogP contribution in [0.4, 0.5) is 0 Å². The Kier molecular flexibility index (Phi) is 6.53. The molecule has 0 unspecified atom stereocenters. The Morgan fingerprint density at radius 3 is 2.55 bits per heavy atom. The van der Waals surface area contributed by atoms with Crippen LogP contribution >= 0.6 is 0 Å². The van der Waals surface area contributed by atoms with E-state index in [1.54, 1.807) is 0 Å². The predicted octanol–water partition coefficient (Wildman–Crippen LogP) is 5.50. The highest BCUT2D eigenvalue weighted by Crippen LogP contribution is 2.66. The van der Waals surface area contributed by atoms with Gasteiger partial charge in [0.15, 0.2) is 0 Å². The molecule has 0 amide bonds. The summed E-state index contributed by atoms with van der Waals surface area (Å²) < 4.78 is 0. The zero-order chi connectivity index (χ0) is 22.6. The van der Waals surface area contributed by atoms with Crippen molar-refractivity contribution in [1.82, 2.24) is 0 Å². The Morgan fingerprint density at radius 1 is 1.13 bits per heavy atom. The minimum absolute atomic E-state index is 0.0651. The van der Waals surface area contributed by atoms with Crippen LogP contribution in [0.1, 0.15) is 85.5 Å². The molecule has 3 N–H and O–H groups in total. The van der Waals surface area contributed by atoms with Crippen LogP contribution in [0.3, 0.4) is 0 Å². The van der Waals surface area contributed by atoms with Gasteiger partial charge in [-0.3, -0.25) is 0 Å². The van der Waals surface area contributed by atoms with Crippen molar-refractivity contribution in [3.8, 4) is 0 Å². The van der Waals surface area contributed by atoms with Crippen molar-refractivity contribution in [3.63, 3.8) is 0 Å². The number of aliphatic hydroxyl groups excluding tert-OH is 3. The van der Waals surface area contributed by atoms with E-state index in [9.17, 15) is 15.3 Å². The fraction of sp³-hybridized carbons (Fsp3) is 0.857. The largest absolute Gasteiger partial charge is 0.395 e. The van der Waals surface area contributed by atoms with Crippen molar-refractivity contribution in [2.45, 2.75) is 97.7 Å². The topological polar surface area (TPSA) is 60.7 Å². The summed E-state index contributed by atoms with van der Waals surface area (Å²) in [4.78, 5) is 0. The van der Waals surface area contributed by atoms with Gasteiger partial charge in [-0.05, 0) is 93.3 Å². The molecular weight excluding hydrogens is 384 g/mol. The molecule has 0 saturated heterocycles. The maximum Gasteiger partial charge on any atom is 0.0783 e. The highest BCUT2D eigenvalue weighted by molar-refractivity contribution is 5.32. The van der Waals surface area contributed by atoms with Crippen molar-refractivity contribution < 1.29 is 15.3 Å². The summed E-state index contributed by atoms with van der Waals surface area (Å²) in [6.45, 7) is 13.7. The molecule has 3 saturated carbocycles. The van der Waals surface area contributed by atoms with E-state index < -0.39 is 6.10 Å². The van der Waals surface area contributed by atoms with E-state index in [0.29, 0.717) is 35.5 Å². The molecule has 0 bridgehead atoms. The Bertz CT molecular complexity index is 711. The number of aliphatic hydroxyl groups is 3. The summed E-state index contributed by atoms with van der Waals surface area (Å²) in [5.74, 6) is 3.04. The van der Waals surface area contributed by atoms with Crippen LogP contribution in [-0.4, -0.2) is 34.1 Å². The van der Waals surface area contributed by atoms with Crippen LogP contribution in [0.5, 0.6) is 0 Å². The first-order valence-electron chi connectivity index (χ1n) is 13.0. The van der Waals surface area contributed by atoms with Crippen LogP contribution in [0.2, 0.25) is 0 Å². The van der Waals surface area contributed by atoms with Crippen molar-refractivity contribution >= 4 is 0 Å². The standard InChI is InChI=1S/C28H46O3/c1-17(2)18(3)6-7-19(4)23-10-11-24-22-9-8-20-14-21(30)12-13-28(20,16-29)25(22)15-26(31)27(23,24)5/h15,17,19-24,26,29-31H,3,6-14,16H2,1-2,4-5H3/t19-,20-,21+,22+,23-,24-,26+,27-,28-/m1/s1. The molecule has 0 aliphatic heterocycles. The summed E-state index contributed by atoms with van der Waals surface area (Å²) >= 11 is 0. The third kappa shape index (κ3) is 3.67. The van der Waals surface area contributed by atoms with E-state index >= 15 is 0 Å². The zero-order valence-electron chi connectivity index (χ0n) is 20.3. The quantitative estimate of drug-likeness (QED) is 0.488. The van der Waals surface area contributed by atoms with Gasteiger partial charge in [-0.1, -0.05) is 51.5 Å². The second kappa shape index (κ2) is 8.61. The third-order valence-electron chi connectivity index (χ3n) is 10.6. The van der Waals surface area contributed by atoms with Crippen molar-refractivity contribution in [2.75, 3.05) is 6.61 Å². The monoisotopic (exact) mass is 430 g/mol. The van der Waals surface area contributed by atoms with Crippen molar-refractivity contribution in [1.29, 1.82) is 0 Å². The van der Waals surface area contributed by atoms with Gasteiger partial charge in [-0.25, -0.2) is 0 Å². The van der Waals surface area contributed by atoms with Gasteiger partial charge in [0.05, 0.1) is 18.8 Å². The van der Waals surface area contributed by atoms with Gasteiger partial charge >= 0.3 is 0 Å². The summed E-state index contributed by atoms with van der Waals surface area (Å²) in [5, 5.41) is 32.4. The smallest absolute Gasteiger partial charge is 0.0783 e. The lowest BCUT2D eigenvalue weighted by Crippen LogP contribution is -2.55. The molecule has 3 heteroatoms. The van der Waals surface area contributed by atoms with Gasteiger partial charge in [0.25, 0.3) is 0 Å². The summed E-state index contributed by atoms with van der Waals surface area (Å²) in [6, 6.07) is 0. The predicted molar refractivity (Wildman–Crippen MR) is 126 cm³/mol. The third-order valence-corrected chi connectivity index (χ3v) is 10.6. The second-order valence-corrected chi connectivity index (χ2v) is 12.2. The Labute approximate surface area is 190 Å². The van der Waals surface area contributed by atoms with Gasteiger partial charge in [-0.15, -0.1) is 0 Å². The first-order valence-corrected chi connectivity index (χ1v) is 13.0. The number of hydrogen-bond acceptors (Lipinski definition) is 3. The lowest BCUT2D eigenvalue weighted by Gasteiger charge is -2.58. The summed E-state index contributed by atoms with van der Waals surface area (Å²) in [6.07, 6.45) is 10.9. The van der Waals surface area contributed by atoms with E-state index in [0.717, 1.165) is 38.5 Å². The number of fused-ring (bicyclic) bond motifs is 5. The number of rotatable bonds is 6. The van der Waals surface area contributed by atoms with Crippen molar-refractivity contribution in [3.05, 3.63) is 23.8 Å². The fourth-order valence-electron chi connectivity index (χ4n) is 8.47. The average Bonchev–Trinajstić information content (AvgIpc) is 3.10. The van der Waals surface area contributed by atoms with Crippen molar-refractivity contribution in [2.24, 2.45) is 46.3 Å². The van der Waals surface area contributed by atoms with Gasteiger partial charge in [0.2, 0.25) is 0 Å². The Morgan fingerprint density at radius 2 is 1.87 bits per heavy atom. The SMILES string of the molecule is C=C(CC[C@@H](C)[C@H]1CC[C@@H]2[C@@H]3CC[C@@H]4C[C@@H](O)CC[C@]4(CO)C3=C[C@H](O)[C@]12C)C(C)C. The van der Waals surface area contributed by atoms with Crippen LogP contribution in [0.25, 0.3) is 0 Å². The first kappa shape index (κ1) is 23.5. The highest BCUT2D eigenvalue weighted by Gasteiger charge is 2.61. The molecule has 0 aromatic carbocycles. The lowest BCUT2D eigenvalue weighted by atomic mass is 9.47. The van der Waals surface area contributed by atoms with Crippen LogP contribution < -0.4 is 0 Å². The van der Waals surface area contributed by atoms with E-state index in [2.05, 4.69) is 40.3 Å². The number of allylic oxidation sites excluding steroid dienone is 1. The molecule has 3 fully saturated rings. The molecule has 0 radical (unpaired) electrons. The van der Waals surface area contributed by atoms with Gasteiger partial charge in [-0.2, -0.15) is 0 Å². The maximum absolute atomic E-state index is 11.6.